The number of aromatic nitrogens is 3. The van der Waals surface area contributed by atoms with E-state index in [2.05, 4.69) is 10.1 Å². The zero-order valence-corrected chi connectivity index (χ0v) is 16.6. The minimum atomic E-state index is -1.51. The van der Waals surface area contributed by atoms with Gasteiger partial charge in [-0.2, -0.15) is 5.10 Å². The van der Waals surface area contributed by atoms with E-state index in [4.69, 9.17) is 4.74 Å². The van der Waals surface area contributed by atoms with E-state index in [1.54, 1.807) is 24.1 Å². The number of benzene rings is 1. The number of pyridine rings is 1. The lowest BCUT2D eigenvalue weighted by molar-refractivity contribution is 0.0667. The summed E-state index contributed by atoms with van der Waals surface area (Å²) in [6.07, 6.45) is 1.93. The molecule has 2 aromatic heterocycles. The van der Waals surface area contributed by atoms with Crippen LogP contribution in [0.4, 0.5) is 13.2 Å². The summed E-state index contributed by atoms with van der Waals surface area (Å²) in [5.41, 5.74) is 2.35. The monoisotopic (exact) mass is 416 g/mol. The third-order valence-electron chi connectivity index (χ3n) is 5.35. The molecular weight excluding hydrogens is 397 g/mol. The maximum atomic E-state index is 13.8. The second-order valence-corrected chi connectivity index (χ2v) is 7.10. The molecule has 156 valence electrons. The number of amides is 1. The molecule has 0 bridgehead atoms. The number of carbonyl (C=O) groups is 1. The number of carbonyl (C=O) groups excluding carboxylic acids is 1. The third kappa shape index (κ3) is 3.20. The lowest BCUT2D eigenvalue weighted by atomic mass is 9.95. The number of nitrogens with zero attached hydrogens (tertiary/aromatic N) is 4. The van der Waals surface area contributed by atoms with E-state index in [-0.39, 0.29) is 23.2 Å². The van der Waals surface area contributed by atoms with Gasteiger partial charge < -0.3 is 9.64 Å². The van der Waals surface area contributed by atoms with Crippen LogP contribution in [0, 0.1) is 17.5 Å². The van der Waals surface area contributed by atoms with Crippen LogP contribution in [0.3, 0.4) is 0 Å². The van der Waals surface area contributed by atoms with Crippen molar-refractivity contribution in [2.45, 2.75) is 19.4 Å². The number of hydrogen-bond donors (Lipinski definition) is 0. The molecule has 6 nitrogen and oxygen atoms in total. The predicted molar refractivity (Wildman–Crippen MR) is 102 cm³/mol. The molecule has 1 amide bonds. The first-order valence-electron chi connectivity index (χ1n) is 9.33. The second kappa shape index (κ2) is 7.47. The molecule has 0 aliphatic carbocycles. The van der Waals surface area contributed by atoms with Crippen molar-refractivity contribution in [3.63, 3.8) is 0 Å². The van der Waals surface area contributed by atoms with Gasteiger partial charge in [-0.3, -0.25) is 14.5 Å². The van der Waals surface area contributed by atoms with Gasteiger partial charge in [0, 0.05) is 37.0 Å². The lowest BCUT2D eigenvalue weighted by Crippen LogP contribution is -2.39. The van der Waals surface area contributed by atoms with Crippen LogP contribution in [0.25, 0.3) is 11.3 Å². The van der Waals surface area contributed by atoms with E-state index >= 15 is 0 Å². The van der Waals surface area contributed by atoms with Crippen LogP contribution in [0.15, 0.2) is 30.5 Å². The Balaban J connectivity index is 1.71. The molecule has 0 radical (unpaired) electrons. The van der Waals surface area contributed by atoms with Crippen LogP contribution in [0.5, 0.6) is 5.75 Å². The highest BCUT2D eigenvalue weighted by Gasteiger charge is 2.34. The van der Waals surface area contributed by atoms with E-state index < -0.39 is 17.5 Å². The van der Waals surface area contributed by atoms with Crippen molar-refractivity contribution < 1.29 is 22.7 Å². The van der Waals surface area contributed by atoms with E-state index in [1.807, 2.05) is 6.92 Å². The Labute approximate surface area is 170 Å². The quantitative estimate of drug-likeness (QED) is 0.612. The normalized spacial score (nSPS) is 15.8. The first kappa shape index (κ1) is 19.9. The van der Waals surface area contributed by atoms with Gasteiger partial charge in [0.1, 0.15) is 11.4 Å². The van der Waals surface area contributed by atoms with Gasteiger partial charge in [0.05, 0.1) is 24.5 Å². The Kier molecular flexibility index (Phi) is 4.97. The standard InChI is InChI=1S/C21H19F3N4O2/c1-11-19-14(5-7-28(11)21(29)17-10-13(30-3)4-6-25-17)20(27(2)26-19)12-8-15(22)18(24)16(23)9-12/h4,6,8-11H,5,7H2,1-3H3/t11-/m0/s1. The Hall–Kier alpha value is -3.36. The van der Waals surface area contributed by atoms with Crippen molar-refractivity contribution in [3.8, 4) is 17.0 Å². The van der Waals surface area contributed by atoms with Crippen molar-refractivity contribution in [3.05, 3.63) is 64.9 Å². The molecular formula is C21H19F3N4O2. The predicted octanol–water partition coefficient (Wildman–Crippen LogP) is 3.67. The zero-order chi connectivity index (χ0) is 21.6. The van der Waals surface area contributed by atoms with Gasteiger partial charge in [0.15, 0.2) is 17.5 Å². The molecule has 3 aromatic rings. The van der Waals surface area contributed by atoms with Gasteiger partial charge in [-0.25, -0.2) is 13.2 Å². The zero-order valence-electron chi connectivity index (χ0n) is 16.6. The first-order chi connectivity index (χ1) is 14.3. The topological polar surface area (TPSA) is 60.2 Å². The molecule has 1 aliphatic heterocycles. The van der Waals surface area contributed by atoms with Crippen molar-refractivity contribution in [2.75, 3.05) is 13.7 Å². The number of hydrogen-bond acceptors (Lipinski definition) is 4. The Morgan fingerprint density at radius 2 is 1.90 bits per heavy atom. The van der Waals surface area contributed by atoms with Gasteiger partial charge in [-0.05, 0) is 31.5 Å². The molecule has 0 saturated carbocycles. The summed E-state index contributed by atoms with van der Waals surface area (Å²) in [4.78, 5) is 18.8. The number of ether oxygens (including phenoxy) is 1. The van der Waals surface area contributed by atoms with Crippen LogP contribution < -0.4 is 4.74 Å². The highest BCUT2D eigenvalue weighted by Crippen LogP contribution is 2.36. The molecule has 1 atom stereocenters. The summed E-state index contributed by atoms with van der Waals surface area (Å²) in [5.74, 6) is -3.77. The molecule has 30 heavy (non-hydrogen) atoms. The van der Waals surface area contributed by atoms with Crippen LogP contribution >= 0.6 is 0 Å². The summed E-state index contributed by atoms with van der Waals surface area (Å²) in [5, 5.41) is 4.49. The van der Waals surface area contributed by atoms with E-state index in [9.17, 15) is 18.0 Å². The van der Waals surface area contributed by atoms with Gasteiger partial charge >= 0.3 is 0 Å². The molecule has 0 fully saturated rings. The number of halogens is 3. The first-order valence-corrected chi connectivity index (χ1v) is 9.33. The molecule has 0 saturated heterocycles. The SMILES string of the molecule is COc1ccnc(C(=O)N2CCc3c(nn(C)c3-c3cc(F)c(F)c(F)c3)[C@@H]2C)c1. The highest BCUT2D eigenvalue weighted by molar-refractivity contribution is 5.93. The van der Waals surface area contributed by atoms with Crippen LogP contribution in [-0.4, -0.2) is 39.2 Å². The minimum Gasteiger partial charge on any atom is -0.497 e. The fourth-order valence-electron chi connectivity index (χ4n) is 3.88. The molecule has 1 aromatic carbocycles. The summed E-state index contributed by atoms with van der Waals surface area (Å²) in [6, 6.07) is 4.75. The Morgan fingerprint density at radius 1 is 1.20 bits per heavy atom. The van der Waals surface area contributed by atoms with Crippen molar-refractivity contribution >= 4 is 5.91 Å². The average molecular weight is 416 g/mol. The molecule has 0 spiro atoms. The minimum absolute atomic E-state index is 0.198. The molecule has 4 rings (SSSR count). The van der Waals surface area contributed by atoms with Crippen molar-refractivity contribution in [2.24, 2.45) is 7.05 Å². The van der Waals surface area contributed by atoms with Crippen LogP contribution in [0.2, 0.25) is 0 Å². The van der Waals surface area contributed by atoms with Crippen molar-refractivity contribution in [1.82, 2.24) is 19.7 Å². The Morgan fingerprint density at radius 3 is 2.57 bits per heavy atom. The van der Waals surface area contributed by atoms with E-state index in [0.29, 0.717) is 30.1 Å². The number of methoxy groups -OCH3 is 1. The number of fused-ring (bicyclic) bond motifs is 1. The maximum Gasteiger partial charge on any atom is 0.273 e. The molecule has 3 heterocycles. The lowest BCUT2D eigenvalue weighted by Gasteiger charge is -2.32. The fraction of sp³-hybridized carbons (Fsp3) is 0.286. The largest absolute Gasteiger partial charge is 0.497 e. The average Bonchev–Trinajstić information content (AvgIpc) is 3.08. The van der Waals surface area contributed by atoms with Gasteiger partial charge in [0.25, 0.3) is 5.91 Å². The fourth-order valence-corrected chi connectivity index (χ4v) is 3.88. The summed E-state index contributed by atoms with van der Waals surface area (Å²) in [7, 11) is 3.16. The third-order valence-corrected chi connectivity index (χ3v) is 5.35. The molecule has 0 N–H and O–H groups in total. The number of aryl methyl sites for hydroxylation is 1. The van der Waals surface area contributed by atoms with Crippen LogP contribution in [0.1, 0.15) is 34.7 Å². The second-order valence-electron chi connectivity index (χ2n) is 7.10. The summed E-state index contributed by atoms with van der Waals surface area (Å²) >= 11 is 0. The van der Waals surface area contributed by atoms with E-state index in [0.717, 1.165) is 17.7 Å². The highest BCUT2D eigenvalue weighted by atomic mass is 19.2. The van der Waals surface area contributed by atoms with Crippen LogP contribution in [-0.2, 0) is 13.5 Å². The Bertz CT molecular complexity index is 1120. The van der Waals surface area contributed by atoms with Gasteiger partial charge in [-0.15, -0.1) is 0 Å². The smallest absolute Gasteiger partial charge is 0.273 e. The summed E-state index contributed by atoms with van der Waals surface area (Å²) in [6.45, 7) is 2.20. The summed E-state index contributed by atoms with van der Waals surface area (Å²) < 4.78 is 47.6. The van der Waals surface area contributed by atoms with Gasteiger partial charge in [-0.1, -0.05) is 0 Å². The maximum absolute atomic E-state index is 13.8. The van der Waals surface area contributed by atoms with Gasteiger partial charge in [0.2, 0.25) is 0 Å². The molecule has 9 heteroatoms. The van der Waals surface area contributed by atoms with E-state index in [1.165, 1.54) is 18.0 Å². The molecule has 1 aliphatic rings. The van der Waals surface area contributed by atoms with Crippen molar-refractivity contribution in [1.29, 1.82) is 0 Å². The molecule has 0 unspecified atom stereocenters. The number of rotatable bonds is 3.